The van der Waals surface area contributed by atoms with Crippen LogP contribution in [-0.2, 0) is 4.74 Å². The molecule has 1 N–H and O–H groups in total. The van der Waals surface area contributed by atoms with E-state index in [1.165, 1.54) is 6.08 Å². The molecule has 5 heteroatoms. The lowest BCUT2D eigenvalue weighted by atomic mass is 10.3. The van der Waals surface area contributed by atoms with Gasteiger partial charge in [0, 0.05) is 6.04 Å². The zero-order valence-corrected chi connectivity index (χ0v) is 7.53. The van der Waals surface area contributed by atoms with Gasteiger partial charge in [0.1, 0.15) is 6.61 Å². The molecule has 0 amide bonds. The SMILES string of the molecule is C=CC(COCC(F)(F)F)NCC. The molecule has 0 saturated heterocycles. The van der Waals surface area contributed by atoms with Gasteiger partial charge < -0.3 is 10.1 Å². The lowest BCUT2D eigenvalue weighted by molar-refractivity contribution is -0.174. The predicted molar refractivity (Wildman–Crippen MR) is 44.5 cm³/mol. The molecule has 2 nitrogen and oxygen atoms in total. The maximum absolute atomic E-state index is 11.6. The Morgan fingerprint density at radius 3 is 2.54 bits per heavy atom. The van der Waals surface area contributed by atoms with Crippen molar-refractivity contribution in [3.05, 3.63) is 12.7 Å². The van der Waals surface area contributed by atoms with Crippen molar-refractivity contribution < 1.29 is 17.9 Å². The van der Waals surface area contributed by atoms with Crippen LogP contribution < -0.4 is 5.32 Å². The summed E-state index contributed by atoms with van der Waals surface area (Å²) < 4.78 is 39.3. The van der Waals surface area contributed by atoms with Gasteiger partial charge in [-0.3, -0.25) is 0 Å². The summed E-state index contributed by atoms with van der Waals surface area (Å²) in [5, 5.41) is 2.91. The summed E-state index contributed by atoms with van der Waals surface area (Å²) in [7, 11) is 0. The highest BCUT2D eigenvalue weighted by Crippen LogP contribution is 2.14. The fourth-order valence-corrected chi connectivity index (χ4v) is 0.774. The van der Waals surface area contributed by atoms with Crippen LogP contribution in [0.25, 0.3) is 0 Å². The monoisotopic (exact) mass is 197 g/mol. The van der Waals surface area contributed by atoms with Gasteiger partial charge in [0.2, 0.25) is 0 Å². The van der Waals surface area contributed by atoms with Crippen LogP contribution in [0.1, 0.15) is 6.92 Å². The Morgan fingerprint density at radius 1 is 1.54 bits per heavy atom. The van der Waals surface area contributed by atoms with Gasteiger partial charge in [0.15, 0.2) is 0 Å². The van der Waals surface area contributed by atoms with Crippen LogP contribution in [0.15, 0.2) is 12.7 Å². The molecular formula is C8H14F3NO. The fourth-order valence-electron chi connectivity index (χ4n) is 0.774. The smallest absolute Gasteiger partial charge is 0.370 e. The van der Waals surface area contributed by atoms with Gasteiger partial charge in [-0.05, 0) is 6.54 Å². The van der Waals surface area contributed by atoms with Crippen LogP contribution in [0.2, 0.25) is 0 Å². The minimum Gasteiger partial charge on any atom is -0.370 e. The summed E-state index contributed by atoms with van der Waals surface area (Å²) in [6.45, 7) is 4.80. The summed E-state index contributed by atoms with van der Waals surface area (Å²) in [6, 6.07) is -0.215. The molecule has 0 aliphatic heterocycles. The topological polar surface area (TPSA) is 21.3 Å². The molecule has 78 valence electrons. The third-order valence-corrected chi connectivity index (χ3v) is 1.31. The highest BCUT2D eigenvalue weighted by molar-refractivity contribution is 4.84. The zero-order valence-electron chi connectivity index (χ0n) is 7.53. The molecular weight excluding hydrogens is 183 g/mol. The van der Waals surface area contributed by atoms with Crippen LogP contribution in [0.5, 0.6) is 0 Å². The van der Waals surface area contributed by atoms with Crippen LogP contribution >= 0.6 is 0 Å². The lowest BCUT2D eigenvalue weighted by Crippen LogP contribution is -2.32. The van der Waals surface area contributed by atoms with Crippen molar-refractivity contribution in [3.63, 3.8) is 0 Å². The average Bonchev–Trinajstić information content (AvgIpc) is 2.01. The molecule has 13 heavy (non-hydrogen) atoms. The van der Waals surface area contributed by atoms with Crippen molar-refractivity contribution in [3.8, 4) is 0 Å². The molecule has 1 atom stereocenters. The Labute approximate surface area is 75.8 Å². The first kappa shape index (κ1) is 12.4. The third kappa shape index (κ3) is 7.80. The Morgan fingerprint density at radius 2 is 2.15 bits per heavy atom. The molecule has 0 rings (SSSR count). The van der Waals surface area contributed by atoms with E-state index in [2.05, 4.69) is 16.6 Å². The van der Waals surface area contributed by atoms with E-state index in [0.29, 0.717) is 6.54 Å². The first-order chi connectivity index (χ1) is 5.99. The first-order valence-electron chi connectivity index (χ1n) is 4.00. The number of hydrogen-bond acceptors (Lipinski definition) is 2. The number of alkyl halides is 3. The van der Waals surface area contributed by atoms with Gasteiger partial charge >= 0.3 is 6.18 Å². The van der Waals surface area contributed by atoms with Gasteiger partial charge in [0.25, 0.3) is 0 Å². The predicted octanol–water partition coefficient (Wildman–Crippen LogP) is 1.73. The Kier molecular flexibility index (Phi) is 5.73. The Bertz CT molecular complexity index is 147. The van der Waals surface area contributed by atoms with Crippen molar-refractivity contribution in [1.29, 1.82) is 0 Å². The maximum Gasteiger partial charge on any atom is 0.411 e. The quantitative estimate of drug-likeness (QED) is 0.655. The fraction of sp³-hybridized carbons (Fsp3) is 0.750. The van der Waals surface area contributed by atoms with Crippen LogP contribution in [0.3, 0.4) is 0 Å². The Hall–Kier alpha value is -0.550. The largest absolute Gasteiger partial charge is 0.411 e. The van der Waals surface area contributed by atoms with Crippen LogP contribution in [0.4, 0.5) is 13.2 Å². The second-order valence-corrected chi connectivity index (χ2v) is 2.53. The van der Waals surface area contributed by atoms with Gasteiger partial charge in [-0.2, -0.15) is 13.2 Å². The molecule has 1 unspecified atom stereocenters. The average molecular weight is 197 g/mol. The third-order valence-electron chi connectivity index (χ3n) is 1.31. The summed E-state index contributed by atoms with van der Waals surface area (Å²) in [5.41, 5.74) is 0. The molecule has 0 saturated carbocycles. The van der Waals surface area contributed by atoms with E-state index < -0.39 is 12.8 Å². The Balaban J connectivity index is 3.55. The summed E-state index contributed by atoms with van der Waals surface area (Å²) in [5.74, 6) is 0. The highest BCUT2D eigenvalue weighted by Gasteiger charge is 2.27. The second kappa shape index (κ2) is 5.99. The van der Waals surface area contributed by atoms with Crippen LogP contribution in [0, 0.1) is 0 Å². The first-order valence-corrected chi connectivity index (χ1v) is 4.00. The minimum absolute atomic E-state index is 0.00313. The molecule has 0 aliphatic rings. The van der Waals surface area contributed by atoms with E-state index >= 15 is 0 Å². The number of likely N-dealkylation sites (N-methyl/N-ethyl adjacent to an activating group) is 1. The van der Waals surface area contributed by atoms with Gasteiger partial charge in [-0.1, -0.05) is 13.0 Å². The highest BCUT2D eigenvalue weighted by atomic mass is 19.4. The molecule has 0 aliphatic carbocycles. The molecule has 0 aromatic carbocycles. The van der Waals surface area contributed by atoms with Crippen LogP contribution in [-0.4, -0.2) is 32.0 Å². The van der Waals surface area contributed by atoms with E-state index in [0.717, 1.165) is 0 Å². The van der Waals surface area contributed by atoms with E-state index in [1.54, 1.807) is 0 Å². The van der Waals surface area contributed by atoms with Crippen molar-refractivity contribution >= 4 is 0 Å². The second-order valence-electron chi connectivity index (χ2n) is 2.53. The number of nitrogens with one attached hydrogen (secondary N) is 1. The number of rotatable bonds is 6. The summed E-state index contributed by atoms with van der Waals surface area (Å²) in [4.78, 5) is 0. The molecule has 0 aromatic heterocycles. The zero-order chi connectivity index (χ0) is 10.3. The van der Waals surface area contributed by atoms with E-state index in [4.69, 9.17) is 0 Å². The standard InChI is InChI=1S/C8H14F3NO/c1-3-7(12-4-2)5-13-6-8(9,10)11/h3,7,12H,1,4-6H2,2H3. The van der Waals surface area contributed by atoms with Crippen molar-refractivity contribution in [1.82, 2.24) is 5.32 Å². The van der Waals surface area contributed by atoms with Gasteiger partial charge in [-0.15, -0.1) is 6.58 Å². The molecule has 0 heterocycles. The van der Waals surface area contributed by atoms with E-state index in [1.807, 2.05) is 6.92 Å². The number of hydrogen-bond donors (Lipinski definition) is 1. The maximum atomic E-state index is 11.6. The molecule has 0 aromatic rings. The molecule has 0 bridgehead atoms. The normalized spacial score (nSPS) is 14.2. The number of halogens is 3. The summed E-state index contributed by atoms with van der Waals surface area (Å²) in [6.07, 6.45) is -2.72. The van der Waals surface area contributed by atoms with Crippen molar-refractivity contribution in [2.75, 3.05) is 19.8 Å². The number of ether oxygens (including phenoxy) is 1. The molecule has 0 radical (unpaired) electrons. The van der Waals surface area contributed by atoms with E-state index in [9.17, 15) is 13.2 Å². The molecule has 0 spiro atoms. The van der Waals surface area contributed by atoms with Gasteiger partial charge in [0.05, 0.1) is 6.61 Å². The van der Waals surface area contributed by atoms with Crippen molar-refractivity contribution in [2.45, 2.75) is 19.1 Å². The molecule has 0 fully saturated rings. The van der Waals surface area contributed by atoms with Gasteiger partial charge in [-0.25, -0.2) is 0 Å². The lowest BCUT2D eigenvalue weighted by Gasteiger charge is -2.14. The van der Waals surface area contributed by atoms with Crippen molar-refractivity contribution in [2.24, 2.45) is 0 Å². The minimum atomic E-state index is -4.25. The summed E-state index contributed by atoms with van der Waals surface area (Å²) >= 11 is 0. The van der Waals surface area contributed by atoms with E-state index in [-0.39, 0.29) is 12.6 Å².